The number of hydrogen-bond donors (Lipinski definition) is 3. The molecule has 0 fully saturated rings. The fourth-order valence-corrected chi connectivity index (χ4v) is 4.66. The lowest BCUT2D eigenvalue weighted by Crippen LogP contribution is -2.40. The normalized spacial score (nSPS) is 14.9. The number of benzene rings is 3. The average molecular weight is 518 g/mol. The minimum absolute atomic E-state index is 0.254. The van der Waals surface area contributed by atoms with Gasteiger partial charge in [0.05, 0.1) is 23.7 Å². The number of H-pyrrole nitrogens is 1. The number of hydrazine groups is 1. The van der Waals surface area contributed by atoms with Crippen molar-refractivity contribution in [2.75, 3.05) is 0 Å². The molecule has 0 radical (unpaired) electrons. The van der Waals surface area contributed by atoms with Gasteiger partial charge in [0.15, 0.2) is 0 Å². The number of aliphatic carboxylic acids is 1. The summed E-state index contributed by atoms with van der Waals surface area (Å²) in [6, 6.07) is 19.5. The topological polar surface area (TPSA) is 102 Å². The van der Waals surface area contributed by atoms with Crippen LogP contribution in [-0.2, 0) is 9.59 Å². The lowest BCUT2D eigenvalue weighted by atomic mass is 9.94. The highest BCUT2D eigenvalue weighted by Crippen LogP contribution is 2.38. The lowest BCUT2D eigenvalue weighted by Gasteiger charge is -2.25. The molecule has 0 saturated heterocycles. The van der Waals surface area contributed by atoms with E-state index in [-0.39, 0.29) is 18.4 Å². The molecule has 0 bridgehead atoms. The summed E-state index contributed by atoms with van der Waals surface area (Å²) in [5.41, 5.74) is 5.88. The molecule has 1 aliphatic heterocycles. The van der Waals surface area contributed by atoms with Gasteiger partial charge >= 0.3 is 5.97 Å². The third-order valence-corrected chi connectivity index (χ3v) is 6.42. The molecule has 186 valence electrons. The fourth-order valence-electron chi connectivity index (χ4n) is 4.49. The zero-order chi connectivity index (χ0) is 26.1. The van der Waals surface area contributed by atoms with E-state index >= 15 is 0 Å². The molecule has 1 aliphatic rings. The molecular formula is C28H21ClFN3O4. The van der Waals surface area contributed by atoms with Crippen LogP contribution in [-0.4, -0.2) is 27.0 Å². The van der Waals surface area contributed by atoms with Gasteiger partial charge in [0.1, 0.15) is 5.82 Å². The van der Waals surface area contributed by atoms with Gasteiger partial charge in [-0.3, -0.25) is 19.8 Å². The van der Waals surface area contributed by atoms with E-state index in [1.807, 2.05) is 30.3 Å². The molecule has 0 saturated carbocycles. The van der Waals surface area contributed by atoms with E-state index in [9.17, 15) is 18.8 Å². The summed E-state index contributed by atoms with van der Waals surface area (Å²) in [7, 11) is 0. The number of aromatic nitrogens is 1. The molecule has 1 atom stereocenters. The van der Waals surface area contributed by atoms with Crippen molar-refractivity contribution in [3.05, 3.63) is 111 Å². The van der Waals surface area contributed by atoms with E-state index in [0.717, 1.165) is 5.56 Å². The Bertz CT molecular complexity index is 1600. The van der Waals surface area contributed by atoms with Gasteiger partial charge in [0.25, 0.3) is 5.56 Å². The van der Waals surface area contributed by atoms with Crippen LogP contribution >= 0.6 is 11.6 Å². The Morgan fingerprint density at radius 3 is 2.41 bits per heavy atom. The summed E-state index contributed by atoms with van der Waals surface area (Å²) in [5, 5.41) is 11.6. The Hall–Kier alpha value is -4.43. The van der Waals surface area contributed by atoms with Gasteiger partial charge in [0.2, 0.25) is 5.91 Å². The van der Waals surface area contributed by atoms with Crippen molar-refractivity contribution in [2.45, 2.75) is 18.9 Å². The summed E-state index contributed by atoms with van der Waals surface area (Å²) < 4.78 is 13.6. The van der Waals surface area contributed by atoms with Gasteiger partial charge in [-0.05, 0) is 47.5 Å². The number of halogens is 2. The first kappa shape index (κ1) is 24.3. The van der Waals surface area contributed by atoms with Crippen molar-refractivity contribution < 1.29 is 19.1 Å². The number of nitrogens with zero attached hydrogens (tertiary/aromatic N) is 1. The van der Waals surface area contributed by atoms with Crippen LogP contribution < -0.4 is 11.0 Å². The van der Waals surface area contributed by atoms with E-state index in [1.165, 1.54) is 17.1 Å². The summed E-state index contributed by atoms with van der Waals surface area (Å²) in [6.07, 6.45) is 1.10. The van der Waals surface area contributed by atoms with E-state index in [4.69, 9.17) is 16.7 Å². The first-order valence-electron chi connectivity index (χ1n) is 11.5. The Morgan fingerprint density at radius 1 is 0.973 bits per heavy atom. The second kappa shape index (κ2) is 9.91. The van der Waals surface area contributed by atoms with Crippen molar-refractivity contribution in [2.24, 2.45) is 0 Å². The molecule has 0 spiro atoms. The summed E-state index contributed by atoms with van der Waals surface area (Å²) in [6.45, 7) is 0. The maximum Gasteiger partial charge on any atom is 0.303 e. The molecule has 7 nitrogen and oxygen atoms in total. The first-order chi connectivity index (χ1) is 17.8. The maximum atomic E-state index is 13.6. The molecule has 3 N–H and O–H groups in total. The van der Waals surface area contributed by atoms with Crippen LogP contribution in [0.1, 0.15) is 30.0 Å². The van der Waals surface area contributed by atoms with Crippen molar-refractivity contribution in [3.8, 4) is 11.1 Å². The number of amides is 1. The number of fused-ring (bicyclic) bond motifs is 1. The zero-order valence-electron chi connectivity index (χ0n) is 19.4. The van der Waals surface area contributed by atoms with Crippen LogP contribution in [0.5, 0.6) is 0 Å². The van der Waals surface area contributed by atoms with Crippen LogP contribution in [0, 0.1) is 5.82 Å². The van der Waals surface area contributed by atoms with E-state index in [2.05, 4.69) is 10.4 Å². The Labute approximate surface area is 215 Å². The predicted octanol–water partition coefficient (Wildman–Crippen LogP) is 5.28. The number of rotatable bonds is 6. The number of nitrogens with one attached hydrogen (secondary N) is 2. The molecule has 2 heterocycles. The van der Waals surface area contributed by atoms with Crippen LogP contribution in [0.25, 0.3) is 27.7 Å². The molecule has 4 aromatic rings. The molecule has 0 aliphatic carbocycles. The number of carbonyl (C=O) groups is 2. The van der Waals surface area contributed by atoms with Crippen molar-refractivity contribution >= 4 is 40.1 Å². The SMILES string of the molecule is O=C(O)CCC(=O)N1NC(c2c(-c3ccccc3)c3cc(Cl)ccc3[nH]c2=O)=C[C@@H]1c1ccc(F)cc1. The highest BCUT2D eigenvalue weighted by atomic mass is 35.5. The largest absolute Gasteiger partial charge is 0.481 e. The van der Waals surface area contributed by atoms with Crippen molar-refractivity contribution in [1.29, 1.82) is 0 Å². The number of hydrogen-bond acceptors (Lipinski definition) is 4. The van der Waals surface area contributed by atoms with Crippen LogP contribution in [0.15, 0.2) is 83.7 Å². The minimum atomic E-state index is -1.10. The molecule has 1 amide bonds. The Balaban J connectivity index is 1.70. The molecule has 5 rings (SSSR count). The Kier molecular flexibility index (Phi) is 6.50. The quantitative estimate of drug-likeness (QED) is 0.323. The second-order valence-electron chi connectivity index (χ2n) is 8.61. The minimum Gasteiger partial charge on any atom is -0.481 e. The third-order valence-electron chi connectivity index (χ3n) is 6.18. The van der Waals surface area contributed by atoms with E-state index < -0.39 is 23.7 Å². The van der Waals surface area contributed by atoms with Crippen molar-refractivity contribution in [1.82, 2.24) is 15.4 Å². The standard InChI is InChI=1S/C28H21ClFN3O4/c29-18-8-11-21-20(14-18)26(17-4-2-1-3-5-17)27(28(37)31-21)22-15-23(16-6-9-19(30)10-7-16)33(32-22)24(34)12-13-25(35)36/h1-11,14-15,23,32H,12-13H2,(H,31,37)(H,35,36)/t23-/m1/s1. The monoisotopic (exact) mass is 517 g/mol. The number of pyridine rings is 1. The van der Waals surface area contributed by atoms with Gasteiger partial charge in [-0.25, -0.2) is 9.40 Å². The van der Waals surface area contributed by atoms with Gasteiger partial charge < -0.3 is 10.1 Å². The summed E-state index contributed by atoms with van der Waals surface area (Å²) in [5.74, 6) is -2.02. The second-order valence-corrected chi connectivity index (χ2v) is 9.04. The van der Waals surface area contributed by atoms with Gasteiger partial charge in [0, 0.05) is 27.9 Å². The third kappa shape index (κ3) is 4.83. The van der Waals surface area contributed by atoms with Crippen LogP contribution in [0.2, 0.25) is 5.02 Å². The van der Waals surface area contributed by atoms with E-state index in [0.29, 0.717) is 38.3 Å². The number of carbonyl (C=O) groups excluding carboxylic acids is 1. The highest BCUT2D eigenvalue weighted by molar-refractivity contribution is 6.31. The summed E-state index contributed by atoms with van der Waals surface area (Å²) in [4.78, 5) is 40.5. The smallest absolute Gasteiger partial charge is 0.303 e. The van der Waals surface area contributed by atoms with Crippen molar-refractivity contribution in [3.63, 3.8) is 0 Å². The maximum absolute atomic E-state index is 13.6. The summed E-state index contributed by atoms with van der Waals surface area (Å²) >= 11 is 6.32. The Morgan fingerprint density at radius 2 is 1.70 bits per heavy atom. The predicted molar refractivity (Wildman–Crippen MR) is 139 cm³/mol. The van der Waals surface area contributed by atoms with Crippen LogP contribution in [0.3, 0.4) is 0 Å². The molecule has 3 aromatic carbocycles. The number of carboxylic acids is 1. The van der Waals surface area contributed by atoms with E-state index in [1.54, 1.807) is 36.4 Å². The molecule has 1 aromatic heterocycles. The fraction of sp³-hybridized carbons (Fsp3) is 0.107. The number of aromatic amines is 1. The highest BCUT2D eigenvalue weighted by Gasteiger charge is 2.33. The average Bonchev–Trinajstić information content (AvgIpc) is 3.32. The molecular weight excluding hydrogens is 497 g/mol. The molecule has 9 heteroatoms. The zero-order valence-corrected chi connectivity index (χ0v) is 20.1. The first-order valence-corrected chi connectivity index (χ1v) is 11.9. The van der Waals surface area contributed by atoms with Gasteiger partial charge in [-0.2, -0.15) is 0 Å². The lowest BCUT2D eigenvalue weighted by molar-refractivity contribution is -0.142. The molecule has 0 unspecified atom stereocenters. The van der Waals surface area contributed by atoms with Crippen LogP contribution in [0.4, 0.5) is 4.39 Å². The number of carboxylic acid groups (broad SMARTS) is 1. The van der Waals surface area contributed by atoms with Gasteiger partial charge in [-0.15, -0.1) is 0 Å². The molecule has 37 heavy (non-hydrogen) atoms. The van der Waals surface area contributed by atoms with Gasteiger partial charge in [-0.1, -0.05) is 54.1 Å².